The Morgan fingerprint density at radius 3 is 2.38 bits per heavy atom. The van der Waals surface area contributed by atoms with E-state index in [4.69, 9.17) is 5.11 Å². The lowest BCUT2D eigenvalue weighted by Crippen LogP contribution is -2.38. The van der Waals surface area contributed by atoms with Crippen molar-refractivity contribution in [3.05, 3.63) is 51.2 Å². The highest BCUT2D eigenvalue weighted by Crippen LogP contribution is 2.24. The van der Waals surface area contributed by atoms with Gasteiger partial charge in [-0.25, -0.2) is 0 Å². The molecule has 138 valence electrons. The van der Waals surface area contributed by atoms with Crippen LogP contribution in [0.4, 0.5) is 5.69 Å². The van der Waals surface area contributed by atoms with Crippen LogP contribution >= 0.6 is 11.3 Å². The predicted octanol–water partition coefficient (Wildman–Crippen LogP) is 3.46. The maximum Gasteiger partial charge on any atom is 0.325 e. The van der Waals surface area contributed by atoms with Crippen LogP contribution in [0.5, 0.6) is 0 Å². The minimum atomic E-state index is -1.10. The van der Waals surface area contributed by atoms with Crippen LogP contribution < -0.4 is 10.6 Å². The summed E-state index contributed by atoms with van der Waals surface area (Å²) in [5, 5.41) is 14.0. The third-order valence-corrected chi connectivity index (χ3v) is 4.98. The standard InChI is InChI=1S/C19H22N2O4S/c1-4-5-14-10-16(26-12(14)3)18(23)21-15-8-6-13(7-9-15)17(22)20-11(2)19(24)25/h6-11H,4-5H2,1-3H3,(H,20,22)(H,21,23)(H,24,25). The van der Waals surface area contributed by atoms with E-state index in [1.54, 1.807) is 24.3 Å². The Hall–Kier alpha value is -2.67. The summed E-state index contributed by atoms with van der Waals surface area (Å²) in [6, 6.07) is 7.27. The van der Waals surface area contributed by atoms with Gasteiger partial charge in [0.05, 0.1) is 4.88 Å². The van der Waals surface area contributed by atoms with Gasteiger partial charge < -0.3 is 15.7 Å². The van der Waals surface area contributed by atoms with Crippen molar-refractivity contribution >= 4 is 34.8 Å². The maximum absolute atomic E-state index is 12.4. The number of aryl methyl sites for hydroxylation is 2. The van der Waals surface area contributed by atoms with Crippen LogP contribution in [0.25, 0.3) is 0 Å². The molecule has 26 heavy (non-hydrogen) atoms. The van der Waals surface area contributed by atoms with Crippen molar-refractivity contribution in [1.82, 2.24) is 5.32 Å². The molecule has 0 radical (unpaired) electrons. The molecule has 0 aliphatic carbocycles. The van der Waals surface area contributed by atoms with Gasteiger partial charge in [-0.2, -0.15) is 0 Å². The first kappa shape index (κ1) is 19.7. The normalized spacial score (nSPS) is 11.7. The van der Waals surface area contributed by atoms with Crippen LogP contribution in [0.15, 0.2) is 30.3 Å². The lowest BCUT2D eigenvalue weighted by atomic mass is 10.1. The van der Waals surface area contributed by atoms with Gasteiger partial charge in [0.1, 0.15) is 6.04 Å². The molecule has 3 N–H and O–H groups in total. The lowest BCUT2D eigenvalue weighted by Gasteiger charge is -2.10. The van der Waals surface area contributed by atoms with Crippen LogP contribution in [0.1, 0.15) is 50.7 Å². The predicted molar refractivity (Wildman–Crippen MR) is 102 cm³/mol. The lowest BCUT2D eigenvalue weighted by molar-refractivity contribution is -0.138. The highest BCUT2D eigenvalue weighted by atomic mass is 32.1. The molecular weight excluding hydrogens is 352 g/mol. The summed E-state index contributed by atoms with van der Waals surface area (Å²) in [7, 11) is 0. The Morgan fingerprint density at radius 2 is 1.81 bits per heavy atom. The van der Waals surface area contributed by atoms with E-state index < -0.39 is 17.9 Å². The highest BCUT2D eigenvalue weighted by molar-refractivity contribution is 7.14. The Bertz CT molecular complexity index is 811. The summed E-state index contributed by atoms with van der Waals surface area (Å²) in [5.74, 6) is -1.76. The van der Waals surface area contributed by atoms with Gasteiger partial charge in [0.15, 0.2) is 0 Å². The molecule has 1 aromatic carbocycles. The average molecular weight is 374 g/mol. The second-order valence-corrected chi connectivity index (χ2v) is 7.26. The Morgan fingerprint density at radius 1 is 1.15 bits per heavy atom. The molecule has 2 aromatic rings. The van der Waals surface area contributed by atoms with Gasteiger partial charge in [-0.05, 0) is 56.2 Å². The second kappa shape index (κ2) is 8.62. The Labute approximate surface area is 156 Å². The van der Waals surface area contributed by atoms with Gasteiger partial charge in [-0.1, -0.05) is 13.3 Å². The molecule has 2 rings (SSSR count). The Balaban J connectivity index is 2.02. The van der Waals surface area contributed by atoms with E-state index in [0.717, 1.165) is 17.7 Å². The summed E-state index contributed by atoms with van der Waals surface area (Å²) < 4.78 is 0. The molecule has 1 heterocycles. The van der Waals surface area contributed by atoms with Crippen molar-refractivity contribution in [3.8, 4) is 0 Å². The molecular formula is C19H22N2O4S. The molecule has 0 bridgehead atoms. The van der Waals surface area contributed by atoms with Gasteiger partial charge in [-0.3, -0.25) is 14.4 Å². The fourth-order valence-corrected chi connectivity index (χ4v) is 3.36. The molecule has 0 aliphatic rings. The van der Waals surface area contributed by atoms with E-state index >= 15 is 0 Å². The van der Waals surface area contributed by atoms with E-state index in [-0.39, 0.29) is 5.91 Å². The molecule has 7 heteroatoms. The SMILES string of the molecule is CCCc1cc(C(=O)Nc2ccc(C(=O)NC(C)C(=O)O)cc2)sc1C. The van der Waals surface area contributed by atoms with Crippen molar-refractivity contribution in [1.29, 1.82) is 0 Å². The maximum atomic E-state index is 12.4. The molecule has 0 aliphatic heterocycles. The van der Waals surface area contributed by atoms with Crippen LogP contribution in [0.3, 0.4) is 0 Å². The number of aliphatic carboxylic acids is 1. The fourth-order valence-electron chi connectivity index (χ4n) is 2.39. The van der Waals surface area contributed by atoms with Crippen LogP contribution in [0.2, 0.25) is 0 Å². The highest BCUT2D eigenvalue weighted by Gasteiger charge is 2.16. The second-order valence-electron chi connectivity index (χ2n) is 6.01. The number of hydrogen-bond acceptors (Lipinski definition) is 4. The summed E-state index contributed by atoms with van der Waals surface area (Å²) >= 11 is 1.47. The minimum absolute atomic E-state index is 0.183. The number of carbonyl (C=O) groups excluding carboxylic acids is 2. The zero-order chi connectivity index (χ0) is 19.3. The van der Waals surface area contributed by atoms with E-state index in [1.165, 1.54) is 23.8 Å². The minimum Gasteiger partial charge on any atom is -0.480 e. The van der Waals surface area contributed by atoms with E-state index in [2.05, 4.69) is 17.6 Å². The average Bonchev–Trinajstić information content (AvgIpc) is 2.96. The molecule has 0 spiro atoms. The molecule has 1 unspecified atom stereocenters. The fraction of sp³-hybridized carbons (Fsp3) is 0.316. The largest absolute Gasteiger partial charge is 0.480 e. The Kier molecular flexibility index (Phi) is 6.52. The van der Waals surface area contributed by atoms with Crippen molar-refractivity contribution in [3.63, 3.8) is 0 Å². The van der Waals surface area contributed by atoms with Crippen molar-refractivity contribution in [2.75, 3.05) is 5.32 Å². The quantitative estimate of drug-likeness (QED) is 0.691. The molecule has 0 saturated heterocycles. The van der Waals surface area contributed by atoms with Crippen LogP contribution in [0, 0.1) is 6.92 Å². The number of anilines is 1. The number of nitrogens with one attached hydrogen (secondary N) is 2. The molecule has 2 amide bonds. The number of carbonyl (C=O) groups is 3. The number of thiophene rings is 1. The summed E-state index contributed by atoms with van der Waals surface area (Å²) in [6.07, 6.45) is 1.98. The first-order chi connectivity index (χ1) is 12.3. The van der Waals surface area contributed by atoms with Gasteiger partial charge in [0.25, 0.3) is 11.8 Å². The van der Waals surface area contributed by atoms with Crippen LogP contribution in [-0.4, -0.2) is 28.9 Å². The molecule has 0 saturated carbocycles. The monoisotopic (exact) mass is 374 g/mol. The van der Waals surface area contributed by atoms with Crippen molar-refractivity contribution in [2.45, 2.75) is 39.7 Å². The molecule has 0 fully saturated rings. The number of rotatable bonds is 7. The summed E-state index contributed by atoms with van der Waals surface area (Å²) in [6.45, 7) is 5.51. The summed E-state index contributed by atoms with van der Waals surface area (Å²) in [4.78, 5) is 36.9. The topological polar surface area (TPSA) is 95.5 Å². The van der Waals surface area contributed by atoms with Gasteiger partial charge in [-0.15, -0.1) is 11.3 Å². The van der Waals surface area contributed by atoms with Gasteiger partial charge in [0, 0.05) is 16.1 Å². The number of benzene rings is 1. The van der Waals surface area contributed by atoms with Crippen LogP contribution in [-0.2, 0) is 11.2 Å². The van der Waals surface area contributed by atoms with Gasteiger partial charge in [0.2, 0.25) is 0 Å². The third kappa shape index (κ3) is 4.92. The number of hydrogen-bond donors (Lipinski definition) is 3. The smallest absolute Gasteiger partial charge is 0.325 e. The number of carboxylic acids is 1. The van der Waals surface area contributed by atoms with E-state index in [1.807, 2.05) is 13.0 Å². The third-order valence-electron chi connectivity index (χ3n) is 3.89. The first-order valence-electron chi connectivity index (χ1n) is 8.36. The van der Waals surface area contributed by atoms with Crippen molar-refractivity contribution < 1.29 is 19.5 Å². The number of amides is 2. The zero-order valence-corrected chi connectivity index (χ0v) is 15.8. The number of carboxylic acid groups (broad SMARTS) is 1. The molecule has 6 nitrogen and oxygen atoms in total. The molecule has 1 atom stereocenters. The first-order valence-corrected chi connectivity index (χ1v) is 9.17. The summed E-state index contributed by atoms with van der Waals surface area (Å²) in [5.41, 5.74) is 2.09. The van der Waals surface area contributed by atoms with E-state index in [0.29, 0.717) is 16.1 Å². The zero-order valence-electron chi connectivity index (χ0n) is 15.0. The van der Waals surface area contributed by atoms with Gasteiger partial charge >= 0.3 is 5.97 Å². The molecule has 1 aromatic heterocycles. The van der Waals surface area contributed by atoms with Crippen molar-refractivity contribution in [2.24, 2.45) is 0 Å². The van der Waals surface area contributed by atoms with E-state index in [9.17, 15) is 14.4 Å².